The number of aliphatic hydroxyl groups excluding tert-OH is 2. The fourth-order valence-electron chi connectivity index (χ4n) is 1.48. The molecule has 0 saturated heterocycles. The second-order valence-corrected chi connectivity index (χ2v) is 4.67. The van der Waals surface area contributed by atoms with Crippen LogP contribution in [0.2, 0.25) is 5.02 Å². The lowest BCUT2D eigenvalue weighted by molar-refractivity contribution is 0.0173. The largest absolute Gasteiger partial charge is 0.390 e. The van der Waals surface area contributed by atoms with Crippen LogP contribution in [0.3, 0.4) is 0 Å². The first kappa shape index (κ1) is 14.5. The molecule has 0 aromatic heterocycles. The van der Waals surface area contributed by atoms with Crippen molar-refractivity contribution in [3.8, 4) is 0 Å². The first-order valence-corrected chi connectivity index (χ1v) is 6.25. The maximum atomic E-state index is 11.1. The number of Topliss-reactive ketones (excluding diaryl/α,β-unsaturated/α-hetero) is 1. The highest BCUT2D eigenvalue weighted by molar-refractivity contribution is 7.80. The zero-order chi connectivity index (χ0) is 13.0. The summed E-state index contributed by atoms with van der Waals surface area (Å²) in [7, 11) is 0. The van der Waals surface area contributed by atoms with Gasteiger partial charge in [-0.25, -0.2) is 0 Å². The van der Waals surface area contributed by atoms with Gasteiger partial charge in [0.25, 0.3) is 0 Å². The Bertz CT molecular complexity index is 409. The number of carbonyl (C=O) groups excluding carboxylic acids is 1. The molecule has 17 heavy (non-hydrogen) atoms. The summed E-state index contributed by atoms with van der Waals surface area (Å²) in [5, 5.41) is 19.8. The first-order valence-electron chi connectivity index (χ1n) is 5.24. The number of carbonyl (C=O) groups is 1. The molecule has 0 radical (unpaired) electrons. The lowest BCUT2D eigenvalue weighted by atomic mass is 10.0. The molecule has 5 heteroatoms. The minimum absolute atomic E-state index is 0.0937. The van der Waals surface area contributed by atoms with Crippen LogP contribution in [0.5, 0.6) is 0 Å². The van der Waals surface area contributed by atoms with E-state index in [1.165, 1.54) is 13.0 Å². The van der Waals surface area contributed by atoms with Crippen LogP contribution in [-0.2, 0) is 0 Å². The third kappa shape index (κ3) is 3.71. The van der Waals surface area contributed by atoms with Crippen molar-refractivity contribution < 1.29 is 15.0 Å². The highest BCUT2D eigenvalue weighted by Gasteiger charge is 2.20. The fraction of sp³-hybridized carbons (Fsp3) is 0.417. The minimum atomic E-state index is -1.06. The average Bonchev–Trinajstić information content (AvgIpc) is 2.28. The molecule has 1 aromatic carbocycles. The number of benzene rings is 1. The smallest absolute Gasteiger partial charge is 0.159 e. The number of rotatable bonds is 5. The lowest BCUT2D eigenvalue weighted by Crippen LogP contribution is -2.19. The molecule has 0 aliphatic heterocycles. The molecule has 2 N–H and O–H groups in total. The molecule has 1 rings (SSSR count). The number of aliphatic hydroxyl groups is 2. The van der Waals surface area contributed by atoms with Gasteiger partial charge in [-0.05, 0) is 25.2 Å². The van der Waals surface area contributed by atoms with E-state index in [4.69, 9.17) is 11.6 Å². The van der Waals surface area contributed by atoms with Gasteiger partial charge in [0.15, 0.2) is 5.78 Å². The maximum Gasteiger partial charge on any atom is 0.159 e. The molecule has 0 fully saturated rings. The summed E-state index contributed by atoms with van der Waals surface area (Å²) < 4.78 is 0. The van der Waals surface area contributed by atoms with Crippen molar-refractivity contribution >= 4 is 30.0 Å². The molecule has 0 saturated carbocycles. The number of halogens is 1. The zero-order valence-electron chi connectivity index (χ0n) is 9.43. The molecule has 1 aromatic rings. The van der Waals surface area contributed by atoms with Crippen LogP contribution < -0.4 is 0 Å². The normalized spacial score (nSPS) is 14.4. The summed E-state index contributed by atoms with van der Waals surface area (Å²) in [5.41, 5.74) is 0.903. The zero-order valence-corrected chi connectivity index (χ0v) is 11.1. The minimum Gasteiger partial charge on any atom is -0.390 e. The van der Waals surface area contributed by atoms with Gasteiger partial charge in [-0.2, -0.15) is 12.6 Å². The van der Waals surface area contributed by atoms with E-state index in [0.29, 0.717) is 23.3 Å². The van der Waals surface area contributed by atoms with Crippen molar-refractivity contribution in [2.75, 3.05) is 5.75 Å². The summed E-state index contributed by atoms with van der Waals surface area (Å²) in [4.78, 5) is 11.1. The van der Waals surface area contributed by atoms with Crippen molar-refractivity contribution in [1.82, 2.24) is 0 Å². The number of thiol groups is 1. The van der Waals surface area contributed by atoms with Gasteiger partial charge in [0.2, 0.25) is 0 Å². The van der Waals surface area contributed by atoms with Gasteiger partial charge in [0.1, 0.15) is 6.10 Å². The van der Waals surface area contributed by atoms with E-state index in [2.05, 4.69) is 12.6 Å². The van der Waals surface area contributed by atoms with Crippen LogP contribution in [0.4, 0.5) is 0 Å². The monoisotopic (exact) mass is 274 g/mol. The number of hydrogen-bond acceptors (Lipinski definition) is 4. The number of hydrogen-bond donors (Lipinski definition) is 3. The van der Waals surface area contributed by atoms with Gasteiger partial charge in [-0.15, -0.1) is 0 Å². The third-order valence-corrected chi connectivity index (χ3v) is 3.10. The van der Waals surface area contributed by atoms with Gasteiger partial charge in [0, 0.05) is 16.1 Å². The summed E-state index contributed by atoms with van der Waals surface area (Å²) in [6.45, 7) is 1.44. The number of ketones is 1. The molecule has 0 amide bonds. The van der Waals surface area contributed by atoms with Gasteiger partial charge in [-0.3, -0.25) is 4.79 Å². The molecule has 2 atom stereocenters. The van der Waals surface area contributed by atoms with Crippen molar-refractivity contribution in [2.45, 2.75) is 25.6 Å². The maximum absolute atomic E-state index is 11.1. The van der Waals surface area contributed by atoms with Crippen LogP contribution in [0.1, 0.15) is 35.4 Å². The Hall–Kier alpha value is -0.550. The van der Waals surface area contributed by atoms with E-state index >= 15 is 0 Å². The molecule has 0 aliphatic carbocycles. The standard InChI is InChI=1S/C12H15ClO3S/c1-7(14)8-2-3-9(10(13)6-8)12(16)11(15)4-5-17/h2-3,6,11-12,15-17H,4-5H2,1H3. The molecular formula is C12H15ClO3S. The van der Waals surface area contributed by atoms with Crippen LogP contribution in [0, 0.1) is 0 Å². The summed E-state index contributed by atoms with van der Waals surface area (Å²) >= 11 is 9.96. The van der Waals surface area contributed by atoms with Gasteiger partial charge in [-0.1, -0.05) is 23.7 Å². The predicted octanol–water partition coefficient (Wildman–Crippen LogP) is 2.26. The van der Waals surface area contributed by atoms with Crippen LogP contribution >= 0.6 is 24.2 Å². The van der Waals surface area contributed by atoms with Crippen molar-refractivity contribution in [2.24, 2.45) is 0 Å². The molecule has 2 unspecified atom stereocenters. The Balaban J connectivity index is 2.95. The molecule has 0 heterocycles. The summed E-state index contributed by atoms with van der Waals surface area (Å²) in [6.07, 6.45) is -1.60. The Morgan fingerprint density at radius 1 is 1.47 bits per heavy atom. The fourth-order valence-corrected chi connectivity index (χ4v) is 2.04. The molecule has 0 bridgehead atoms. The summed E-state index contributed by atoms with van der Waals surface area (Å²) in [6, 6.07) is 4.64. The predicted molar refractivity (Wildman–Crippen MR) is 70.9 cm³/mol. The Labute approximate surface area is 111 Å². The molecule has 94 valence electrons. The first-order chi connectivity index (χ1) is 7.97. The van der Waals surface area contributed by atoms with Crippen molar-refractivity contribution in [3.05, 3.63) is 34.3 Å². The quantitative estimate of drug-likeness (QED) is 0.570. The second-order valence-electron chi connectivity index (χ2n) is 3.82. The topological polar surface area (TPSA) is 57.5 Å². The third-order valence-electron chi connectivity index (χ3n) is 2.51. The van der Waals surface area contributed by atoms with Crippen molar-refractivity contribution in [1.29, 1.82) is 0 Å². The highest BCUT2D eigenvalue weighted by atomic mass is 35.5. The highest BCUT2D eigenvalue weighted by Crippen LogP contribution is 2.27. The second kappa shape index (κ2) is 6.40. The van der Waals surface area contributed by atoms with E-state index in [1.807, 2.05) is 0 Å². The molecule has 3 nitrogen and oxygen atoms in total. The lowest BCUT2D eigenvalue weighted by Gasteiger charge is -2.18. The average molecular weight is 275 g/mol. The van der Waals surface area contributed by atoms with E-state index in [1.54, 1.807) is 12.1 Å². The van der Waals surface area contributed by atoms with E-state index < -0.39 is 12.2 Å². The Kier molecular flexibility index (Phi) is 5.46. The molecule has 0 aliphatic rings. The van der Waals surface area contributed by atoms with Gasteiger partial charge in [0.05, 0.1) is 6.10 Å². The Morgan fingerprint density at radius 2 is 2.12 bits per heavy atom. The summed E-state index contributed by atoms with van der Waals surface area (Å²) in [5.74, 6) is 0.380. The van der Waals surface area contributed by atoms with E-state index in [0.717, 1.165) is 0 Å². The Morgan fingerprint density at radius 3 is 2.59 bits per heavy atom. The molecular weight excluding hydrogens is 260 g/mol. The van der Waals surface area contributed by atoms with Gasteiger partial charge < -0.3 is 10.2 Å². The van der Waals surface area contributed by atoms with Gasteiger partial charge >= 0.3 is 0 Å². The van der Waals surface area contributed by atoms with Crippen molar-refractivity contribution in [3.63, 3.8) is 0 Å². The van der Waals surface area contributed by atoms with Crippen LogP contribution in [0.15, 0.2) is 18.2 Å². The van der Waals surface area contributed by atoms with Crippen LogP contribution in [-0.4, -0.2) is 27.9 Å². The molecule has 0 spiro atoms. The SMILES string of the molecule is CC(=O)c1ccc(C(O)C(O)CCS)c(Cl)c1. The van der Waals surface area contributed by atoms with E-state index in [-0.39, 0.29) is 10.8 Å². The van der Waals surface area contributed by atoms with Crippen LogP contribution in [0.25, 0.3) is 0 Å². The van der Waals surface area contributed by atoms with E-state index in [9.17, 15) is 15.0 Å².